The SMILES string of the molecule is CCOP(=O)(C=S(C)C)OCC. The van der Waals surface area contributed by atoms with Crippen LogP contribution in [0.3, 0.4) is 0 Å². The summed E-state index contributed by atoms with van der Waals surface area (Å²) in [5, 5.41) is 1.67. The van der Waals surface area contributed by atoms with Crippen LogP contribution in [-0.2, 0) is 13.6 Å². The first-order valence-corrected chi connectivity index (χ1v) is 7.57. The maximum absolute atomic E-state index is 11.7. The molecule has 0 amide bonds. The summed E-state index contributed by atoms with van der Waals surface area (Å²) in [4.78, 5) is 0. The van der Waals surface area contributed by atoms with E-state index in [1.807, 2.05) is 26.4 Å². The number of rotatable bonds is 5. The lowest BCUT2D eigenvalue weighted by Crippen LogP contribution is -1.96. The lowest BCUT2D eigenvalue weighted by atomic mass is 10.9. The molecule has 74 valence electrons. The molecule has 0 aliphatic rings. The van der Waals surface area contributed by atoms with Gasteiger partial charge in [-0.05, 0) is 26.4 Å². The maximum Gasteiger partial charge on any atom is 0.359 e. The first-order chi connectivity index (χ1) is 5.54. The highest BCUT2D eigenvalue weighted by molar-refractivity contribution is 8.20. The minimum absolute atomic E-state index is 0.0261. The van der Waals surface area contributed by atoms with Crippen molar-refractivity contribution >= 4 is 23.2 Å². The molecule has 0 bridgehead atoms. The monoisotopic (exact) mass is 212 g/mol. The van der Waals surface area contributed by atoms with Crippen molar-refractivity contribution < 1.29 is 13.6 Å². The fourth-order valence-electron chi connectivity index (χ4n) is 0.716. The summed E-state index contributed by atoms with van der Waals surface area (Å²) in [6.45, 7) is 4.46. The van der Waals surface area contributed by atoms with E-state index < -0.39 is 7.60 Å². The average Bonchev–Trinajstić information content (AvgIpc) is 1.85. The second kappa shape index (κ2) is 5.92. The lowest BCUT2D eigenvalue weighted by Gasteiger charge is -2.13. The van der Waals surface area contributed by atoms with Crippen LogP contribution in [0.2, 0.25) is 0 Å². The van der Waals surface area contributed by atoms with E-state index in [0.717, 1.165) is 0 Å². The Hall–Kier alpha value is 0.370. The van der Waals surface area contributed by atoms with Crippen LogP contribution in [0.5, 0.6) is 0 Å². The summed E-state index contributed by atoms with van der Waals surface area (Å²) < 4.78 is 21.9. The average molecular weight is 212 g/mol. The summed E-state index contributed by atoms with van der Waals surface area (Å²) in [7, 11) is -2.91. The standard InChI is InChI=1S/C7H17O3PS/c1-5-9-11(8,10-6-2)7-12(3)4/h7H,5-6H2,1-4H3. The molecule has 0 aliphatic carbocycles. The fourth-order valence-corrected chi connectivity index (χ4v) is 4.06. The Balaban J connectivity index is 4.40. The van der Waals surface area contributed by atoms with E-state index in [2.05, 4.69) is 0 Å². The van der Waals surface area contributed by atoms with Crippen molar-refractivity contribution in [3.8, 4) is 0 Å². The highest BCUT2D eigenvalue weighted by atomic mass is 32.2. The van der Waals surface area contributed by atoms with E-state index in [-0.39, 0.29) is 10.5 Å². The lowest BCUT2D eigenvalue weighted by molar-refractivity contribution is 0.234. The van der Waals surface area contributed by atoms with Crippen molar-refractivity contribution in [1.29, 1.82) is 0 Å². The summed E-state index contributed by atoms with van der Waals surface area (Å²) in [5.74, 6) is 0. The van der Waals surface area contributed by atoms with Gasteiger partial charge in [0.25, 0.3) is 0 Å². The van der Waals surface area contributed by atoms with E-state index in [1.54, 1.807) is 5.11 Å². The van der Waals surface area contributed by atoms with Gasteiger partial charge in [0.05, 0.1) is 18.3 Å². The highest BCUT2D eigenvalue weighted by Gasteiger charge is 2.19. The molecule has 12 heavy (non-hydrogen) atoms. The van der Waals surface area contributed by atoms with E-state index >= 15 is 0 Å². The van der Waals surface area contributed by atoms with Crippen LogP contribution in [0.4, 0.5) is 0 Å². The van der Waals surface area contributed by atoms with Crippen molar-refractivity contribution in [2.45, 2.75) is 13.8 Å². The maximum atomic E-state index is 11.7. The molecule has 0 fully saturated rings. The van der Waals surface area contributed by atoms with Gasteiger partial charge >= 0.3 is 7.60 Å². The van der Waals surface area contributed by atoms with Gasteiger partial charge in [0.2, 0.25) is 0 Å². The molecule has 0 atom stereocenters. The number of hydrogen-bond acceptors (Lipinski definition) is 3. The van der Waals surface area contributed by atoms with Crippen LogP contribution < -0.4 is 0 Å². The second-order valence-electron chi connectivity index (χ2n) is 2.36. The van der Waals surface area contributed by atoms with Gasteiger partial charge in [-0.25, -0.2) is 0 Å². The van der Waals surface area contributed by atoms with Crippen molar-refractivity contribution in [1.82, 2.24) is 0 Å². The molecule has 0 N–H and O–H groups in total. The van der Waals surface area contributed by atoms with Crippen molar-refractivity contribution in [2.75, 3.05) is 25.7 Å². The number of hydrogen-bond donors (Lipinski definition) is 0. The fraction of sp³-hybridized carbons (Fsp3) is 0.857. The Morgan fingerprint density at radius 3 is 1.92 bits per heavy atom. The van der Waals surface area contributed by atoms with Crippen molar-refractivity contribution in [3.05, 3.63) is 0 Å². The van der Waals surface area contributed by atoms with Crippen LogP contribution in [0.25, 0.3) is 0 Å². The molecule has 0 aromatic heterocycles. The molecule has 0 heterocycles. The summed E-state index contributed by atoms with van der Waals surface area (Å²) in [6.07, 6.45) is 3.95. The Bertz CT molecular complexity index is 189. The molecule has 0 aliphatic heterocycles. The van der Waals surface area contributed by atoms with Gasteiger partial charge in [-0.15, -0.1) is 0 Å². The first-order valence-electron chi connectivity index (χ1n) is 3.85. The van der Waals surface area contributed by atoms with Gasteiger partial charge in [-0.3, -0.25) is 4.57 Å². The van der Waals surface area contributed by atoms with Crippen molar-refractivity contribution in [3.63, 3.8) is 0 Å². The van der Waals surface area contributed by atoms with E-state index in [1.165, 1.54) is 0 Å². The van der Waals surface area contributed by atoms with Gasteiger partial charge in [0.1, 0.15) is 0 Å². The van der Waals surface area contributed by atoms with Crippen LogP contribution in [0.15, 0.2) is 0 Å². The van der Waals surface area contributed by atoms with Gasteiger partial charge < -0.3 is 9.05 Å². The second-order valence-corrected chi connectivity index (χ2v) is 6.56. The minimum Gasteiger partial charge on any atom is -0.306 e. The summed E-state index contributed by atoms with van der Waals surface area (Å²) >= 11 is 0. The minimum atomic E-state index is -2.89. The molecule has 0 spiro atoms. The molecule has 0 aromatic rings. The first kappa shape index (κ1) is 12.4. The summed E-state index contributed by atoms with van der Waals surface area (Å²) in [5.41, 5.74) is 0. The molecule has 0 aromatic carbocycles. The normalized spacial score (nSPS) is 12.1. The van der Waals surface area contributed by atoms with Gasteiger partial charge in [-0.2, -0.15) is 10.5 Å². The Kier molecular flexibility index (Phi) is 6.10. The molecule has 0 saturated carbocycles. The predicted molar refractivity (Wildman–Crippen MR) is 56.4 cm³/mol. The molecule has 5 heteroatoms. The van der Waals surface area contributed by atoms with Crippen LogP contribution in [0.1, 0.15) is 13.8 Å². The molecular formula is C7H17O3PS. The largest absolute Gasteiger partial charge is 0.359 e. The van der Waals surface area contributed by atoms with Crippen LogP contribution in [-0.4, -0.2) is 30.8 Å². The highest BCUT2D eigenvalue weighted by Crippen LogP contribution is 2.46. The third-order valence-corrected chi connectivity index (χ3v) is 4.91. The van der Waals surface area contributed by atoms with E-state index in [4.69, 9.17) is 9.05 Å². The Labute approximate surface area is 76.9 Å². The zero-order chi connectivity index (χ0) is 9.61. The van der Waals surface area contributed by atoms with Crippen molar-refractivity contribution in [2.24, 2.45) is 0 Å². The molecule has 3 nitrogen and oxygen atoms in total. The zero-order valence-electron chi connectivity index (χ0n) is 8.07. The molecule has 0 rings (SSSR count). The summed E-state index contributed by atoms with van der Waals surface area (Å²) in [6, 6.07) is 0. The van der Waals surface area contributed by atoms with Gasteiger partial charge in [0, 0.05) is 0 Å². The molecule has 0 radical (unpaired) electrons. The molecule has 0 unspecified atom stereocenters. The Morgan fingerprint density at radius 2 is 1.67 bits per heavy atom. The topological polar surface area (TPSA) is 35.5 Å². The van der Waals surface area contributed by atoms with Gasteiger partial charge in [0.15, 0.2) is 0 Å². The quantitative estimate of drug-likeness (QED) is 0.519. The van der Waals surface area contributed by atoms with E-state index in [9.17, 15) is 4.57 Å². The van der Waals surface area contributed by atoms with Gasteiger partial charge in [-0.1, -0.05) is 0 Å². The predicted octanol–water partition coefficient (Wildman–Crippen LogP) is 2.54. The third kappa shape index (κ3) is 5.09. The molecular weight excluding hydrogens is 195 g/mol. The zero-order valence-corrected chi connectivity index (χ0v) is 9.78. The smallest absolute Gasteiger partial charge is 0.306 e. The van der Waals surface area contributed by atoms with Crippen LogP contribution in [0, 0.1) is 0 Å². The third-order valence-electron chi connectivity index (χ3n) is 0.958. The van der Waals surface area contributed by atoms with Crippen LogP contribution >= 0.6 is 18.1 Å². The van der Waals surface area contributed by atoms with E-state index in [0.29, 0.717) is 13.2 Å². The Morgan fingerprint density at radius 1 is 1.25 bits per heavy atom. The molecule has 0 saturated heterocycles.